The van der Waals surface area contributed by atoms with Gasteiger partial charge in [-0.2, -0.15) is 0 Å². The highest BCUT2D eigenvalue weighted by atomic mass is 16.6. The molecule has 4 rings (SSSR count). The van der Waals surface area contributed by atoms with Crippen LogP contribution in [0.15, 0.2) is 65.1 Å². The molecule has 0 bridgehead atoms. The van der Waals surface area contributed by atoms with Crippen LogP contribution in [0.25, 0.3) is 11.5 Å². The number of methoxy groups -OCH3 is 3. The fourth-order valence-electron chi connectivity index (χ4n) is 3.48. The molecule has 2 amide bonds. The Bertz CT molecular complexity index is 1470. The van der Waals surface area contributed by atoms with E-state index < -0.39 is 16.7 Å². The Morgan fingerprint density at radius 3 is 2.13 bits per heavy atom. The second-order valence-corrected chi connectivity index (χ2v) is 7.58. The second-order valence-electron chi connectivity index (χ2n) is 7.58. The van der Waals surface area contributed by atoms with Crippen LogP contribution in [0, 0.1) is 10.1 Å². The van der Waals surface area contributed by atoms with Crippen LogP contribution in [0.1, 0.15) is 20.7 Å². The number of anilines is 2. The minimum Gasteiger partial charge on any atom is -0.493 e. The molecule has 0 saturated carbocycles. The molecule has 0 spiro atoms. The maximum Gasteiger partial charge on any atom is 0.322 e. The molecule has 38 heavy (non-hydrogen) atoms. The zero-order valence-electron chi connectivity index (χ0n) is 20.4. The Morgan fingerprint density at radius 1 is 0.868 bits per heavy atom. The summed E-state index contributed by atoms with van der Waals surface area (Å²) in [6.07, 6.45) is 0. The van der Waals surface area contributed by atoms with Gasteiger partial charge in [-0.1, -0.05) is 17.2 Å². The van der Waals surface area contributed by atoms with Gasteiger partial charge < -0.3 is 23.9 Å². The summed E-state index contributed by atoms with van der Waals surface area (Å²) in [4.78, 5) is 36.3. The molecule has 4 aromatic rings. The van der Waals surface area contributed by atoms with E-state index >= 15 is 0 Å². The van der Waals surface area contributed by atoms with Gasteiger partial charge in [0.15, 0.2) is 11.5 Å². The predicted molar refractivity (Wildman–Crippen MR) is 135 cm³/mol. The van der Waals surface area contributed by atoms with E-state index in [0.29, 0.717) is 22.8 Å². The van der Waals surface area contributed by atoms with E-state index in [0.717, 1.165) is 0 Å². The summed E-state index contributed by atoms with van der Waals surface area (Å²) in [5.74, 6) is -0.169. The summed E-state index contributed by atoms with van der Waals surface area (Å²) >= 11 is 0. The van der Waals surface area contributed by atoms with Crippen LogP contribution in [-0.4, -0.2) is 48.3 Å². The maximum atomic E-state index is 13.0. The molecule has 2 N–H and O–H groups in total. The Kier molecular flexibility index (Phi) is 7.47. The number of nitrogens with zero attached hydrogens (tertiary/aromatic N) is 3. The molecule has 0 radical (unpaired) electrons. The number of hydrogen-bond acceptors (Lipinski definition) is 10. The van der Waals surface area contributed by atoms with Gasteiger partial charge in [-0.05, 0) is 36.4 Å². The first-order valence-corrected chi connectivity index (χ1v) is 10.9. The summed E-state index contributed by atoms with van der Waals surface area (Å²) in [6.45, 7) is 0. The molecule has 0 atom stereocenters. The quantitative estimate of drug-likeness (QED) is 0.242. The van der Waals surface area contributed by atoms with Crippen LogP contribution in [0.3, 0.4) is 0 Å². The van der Waals surface area contributed by atoms with E-state index in [-0.39, 0.29) is 34.4 Å². The number of carbonyl (C=O) groups is 2. The van der Waals surface area contributed by atoms with Crippen molar-refractivity contribution in [1.82, 2.24) is 10.2 Å². The molecule has 0 aliphatic carbocycles. The van der Waals surface area contributed by atoms with Crippen molar-refractivity contribution < 1.29 is 33.1 Å². The highest BCUT2D eigenvalue weighted by Crippen LogP contribution is 2.38. The third-order valence-corrected chi connectivity index (χ3v) is 5.32. The van der Waals surface area contributed by atoms with E-state index in [1.54, 1.807) is 18.2 Å². The molecule has 0 aliphatic heterocycles. The highest BCUT2D eigenvalue weighted by Gasteiger charge is 2.20. The number of benzene rings is 3. The van der Waals surface area contributed by atoms with Crippen molar-refractivity contribution in [2.75, 3.05) is 32.0 Å². The normalized spacial score (nSPS) is 10.4. The minimum atomic E-state index is -0.621. The van der Waals surface area contributed by atoms with Gasteiger partial charge in [0.2, 0.25) is 11.6 Å². The van der Waals surface area contributed by atoms with Crippen LogP contribution in [-0.2, 0) is 0 Å². The van der Waals surface area contributed by atoms with E-state index in [2.05, 4.69) is 20.8 Å². The molecule has 0 fully saturated rings. The van der Waals surface area contributed by atoms with Crippen LogP contribution in [0.4, 0.5) is 17.4 Å². The van der Waals surface area contributed by atoms with E-state index in [9.17, 15) is 19.7 Å². The van der Waals surface area contributed by atoms with Crippen LogP contribution in [0.5, 0.6) is 17.2 Å². The molecule has 3 aromatic carbocycles. The Hall–Kier alpha value is -5.46. The van der Waals surface area contributed by atoms with Crippen LogP contribution in [0.2, 0.25) is 0 Å². The van der Waals surface area contributed by atoms with Gasteiger partial charge >= 0.3 is 6.01 Å². The fraction of sp³-hybridized carbons (Fsp3) is 0.120. The standard InChI is InChI=1S/C25H21N5O8/c1-35-19-12-15(13-20(36-2)21(19)37-3)22(31)26-18-7-5-4-6-17(18)23(32)27-25-29-28-24(38-25)14-8-10-16(11-9-14)30(33)34/h4-13H,1-3H3,(H,26,31)(H,27,29,32). The van der Waals surface area contributed by atoms with Gasteiger partial charge in [0.1, 0.15) is 0 Å². The van der Waals surface area contributed by atoms with Gasteiger partial charge in [0, 0.05) is 23.3 Å². The number of nitrogens with one attached hydrogen (secondary N) is 2. The third-order valence-electron chi connectivity index (χ3n) is 5.32. The summed E-state index contributed by atoms with van der Waals surface area (Å²) in [5, 5.41) is 23.7. The van der Waals surface area contributed by atoms with Crippen molar-refractivity contribution in [1.29, 1.82) is 0 Å². The largest absolute Gasteiger partial charge is 0.493 e. The van der Waals surface area contributed by atoms with Gasteiger partial charge in [0.25, 0.3) is 17.5 Å². The lowest BCUT2D eigenvalue weighted by Crippen LogP contribution is -2.18. The molecule has 13 nitrogen and oxygen atoms in total. The average molecular weight is 519 g/mol. The van der Waals surface area contributed by atoms with E-state index in [1.807, 2.05) is 0 Å². The first-order valence-electron chi connectivity index (χ1n) is 10.9. The zero-order chi connectivity index (χ0) is 27.2. The molecule has 1 heterocycles. The number of ether oxygens (including phenoxy) is 3. The number of amides is 2. The monoisotopic (exact) mass is 519 g/mol. The molecule has 1 aromatic heterocycles. The number of hydrogen-bond donors (Lipinski definition) is 2. The number of aromatic nitrogens is 2. The molecule has 0 unspecified atom stereocenters. The third kappa shape index (κ3) is 5.36. The van der Waals surface area contributed by atoms with Crippen molar-refractivity contribution in [2.45, 2.75) is 0 Å². The summed E-state index contributed by atoms with van der Waals surface area (Å²) < 4.78 is 21.3. The van der Waals surface area contributed by atoms with Crippen molar-refractivity contribution in [3.63, 3.8) is 0 Å². The smallest absolute Gasteiger partial charge is 0.322 e. The number of nitro benzene ring substituents is 1. The Balaban J connectivity index is 1.52. The number of non-ortho nitro benzene ring substituents is 1. The lowest BCUT2D eigenvalue weighted by Gasteiger charge is -2.15. The average Bonchev–Trinajstić information content (AvgIpc) is 3.40. The zero-order valence-corrected chi connectivity index (χ0v) is 20.4. The topological polar surface area (TPSA) is 168 Å². The number of para-hydroxylation sites is 1. The summed E-state index contributed by atoms with van der Waals surface area (Å²) in [5.41, 5.74) is 0.898. The maximum absolute atomic E-state index is 13.0. The molecular formula is C25H21N5O8. The van der Waals surface area contributed by atoms with Crippen molar-refractivity contribution in [3.8, 4) is 28.7 Å². The summed E-state index contributed by atoms with van der Waals surface area (Å²) in [6, 6.07) is 14.6. The van der Waals surface area contributed by atoms with Crippen molar-refractivity contribution >= 4 is 29.2 Å². The van der Waals surface area contributed by atoms with Crippen LogP contribution < -0.4 is 24.8 Å². The fourth-order valence-corrected chi connectivity index (χ4v) is 3.48. The number of nitro groups is 1. The molecule has 13 heteroatoms. The molecule has 0 aliphatic rings. The first-order chi connectivity index (χ1) is 18.3. The van der Waals surface area contributed by atoms with Crippen LogP contribution >= 0.6 is 0 Å². The van der Waals surface area contributed by atoms with E-state index in [4.69, 9.17) is 18.6 Å². The molecule has 194 valence electrons. The highest BCUT2D eigenvalue weighted by molar-refractivity contribution is 6.12. The van der Waals surface area contributed by atoms with Gasteiger partial charge in [0.05, 0.1) is 37.5 Å². The molecule has 0 saturated heterocycles. The van der Waals surface area contributed by atoms with E-state index in [1.165, 1.54) is 63.8 Å². The van der Waals surface area contributed by atoms with Gasteiger partial charge in [-0.15, -0.1) is 5.10 Å². The van der Waals surface area contributed by atoms with Crippen molar-refractivity contribution in [2.24, 2.45) is 0 Å². The SMILES string of the molecule is COc1cc(C(=O)Nc2ccccc2C(=O)Nc2nnc(-c3ccc([N+](=O)[O-])cc3)o2)cc(OC)c1OC. The predicted octanol–water partition coefficient (Wildman–Crippen LogP) is 4.18. The Labute approximate surface area is 215 Å². The van der Waals surface area contributed by atoms with Gasteiger partial charge in [-0.3, -0.25) is 25.0 Å². The lowest BCUT2D eigenvalue weighted by molar-refractivity contribution is -0.384. The minimum absolute atomic E-state index is 0.0548. The second kappa shape index (κ2) is 11.1. The molecular weight excluding hydrogens is 498 g/mol. The number of carbonyl (C=O) groups excluding carboxylic acids is 2. The van der Waals surface area contributed by atoms with Gasteiger partial charge in [-0.25, -0.2) is 0 Å². The first kappa shape index (κ1) is 25.6. The summed E-state index contributed by atoms with van der Waals surface area (Å²) in [7, 11) is 4.32. The number of rotatable bonds is 9. The lowest BCUT2D eigenvalue weighted by atomic mass is 10.1. The van der Waals surface area contributed by atoms with Crippen molar-refractivity contribution in [3.05, 3.63) is 81.9 Å². The Morgan fingerprint density at radius 2 is 1.53 bits per heavy atom.